The van der Waals surface area contributed by atoms with Crippen molar-refractivity contribution in [1.29, 1.82) is 0 Å². The quantitative estimate of drug-likeness (QED) is 0.0559. The molecule has 0 amide bonds. The van der Waals surface area contributed by atoms with Gasteiger partial charge in [0, 0.05) is 16.7 Å². The van der Waals surface area contributed by atoms with E-state index in [4.69, 9.17) is 26.8 Å². The van der Waals surface area contributed by atoms with Crippen LogP contribution in [0.15, 0.2) is 12.1 Å². The first kappa shape index (κ1) is 72.6. The van der Waals surface area contributed by atoms with Gasteiger partial charge in [0.05, 0.1) is 12.0 Å². The number of esters is 2. The molecule has 0 spiro atoms. The monoisotopic (exact) mass is 1060 g/mol. The third kappa shape index (κ3) is 20.2. The molecule has 1 saturated carbocycles. The summed E-state index contributed by atoms with van der Waals surface area (Å²) in [6.45, 7) is 36.0. The maximum Gasteiger partial charge on any atom is 2.00 e. The Morgan fingerprint density at radius 2 is 1.02 bits per heavy atom. The molecule has 1 aliphatic carbocycles. The molecule has 3 aromatic carbocycles. The molecule has 0 saturated heterocycles. The van der Waals surface area contributed by atoms with Crippen molar-refractivity contribution in [2.75, 3.05) is 13.6 Å². The number of hydrogen-bond acceptors (Lipinski definition) is 6. The minimum Gasteiger partial charge on any atom is -0.457 e. The van der Waals surface area contributed by atoms with Gasteiger partial charge in [0.2, 0.25) is 6.79 Å². The van der Waals surface area contributed by atoms with Gasteiger partial charge in [-0.2, -0.15) is 46.7 Å². The van der Waals surface area contributed by atoms with E-state index in [1.807, 2.05) is 20.8 Å². The third-order valence-corrected chi connectivity index (χ3v) is 11.4. The van der Waals surface area contributed by atoms with E-state index in [0.29, 0.717) is 0 Å². The maximum absolute atomic E-state index is 11.7. The summed E-state index contributed by atoms with van der Waals surface area (Å²) in [4.78, 5) is 22.6. The standard InChI is InChI=1S/C30H36O3.C11H15.C10H14BO3.6CH4.W/c1-12-13-26-18(4)20(6)27(21(7)19(26)5)14-15-28-22(8)24(10)29(25(11)23(28)9)32-16-33-30(31)17(2)3;1-7-6-8(2)10(4)11(5)9(7)3;1-8(11)10(12)14-7-13-9-5-3-2-4-6-9;;;;;;;/h17H,16H2,1-11H3;1-5H3;2,9H,1,3-7H2;6*1H4;/q;2*-1;;;;;;;+2. The fourth-order valence-electron chi connectivity index (χ4n) is 6.58. The van der Waals surface area contributed by atoms with E-state index in [2.05, 4.69) is 119 Å². The molecule has 362 valence electrons. The predicted molar refractivity (Wildman–Crippen MR) is 279 cm³/mol. The van der Waals surface area contributed by atoms with Crippen LogP contribution in [0.3, 0.4) is 0 Å². The number of aryl methyl sites for hydroxylation is 2. The van der Waals surface area contributed by atoms with Gasteiger partial charge < -0.3 is 25.4 Å². The summed E-state index contributed by atoms with van der Waals surface area (Å²) < 4.78 is 21.1. The number of hydrogen-bond donors (Lipinski definition) is 0. The minimum absolute atomic E-state index is 0. The molecule has 1 aliphatic rings. The van der Waals surface area contributed by atoms with Gasteiger partial charge in [-0.05, 0) is 112 Å². The van der Waals surface area contributed by atoms with Gasteiger partial charge in [0.25, 0.3) is 0 Å². The van der Waals surface area contributed by atoms with Crippen molar-refractivity contribution in [3.8, 4) is 29.4 Å². The van der Waals surface area contributed by atoms with Gasteiger partial charge in [-0.15, -0.1) is 5.92 Å². The molecule has 4 rings (SSSR count). The second kappa shape index (κ2) is 34.3. The second-order valence-electron chi connectivity index (χ2n) is 15.5. The molecule has 0 bridgehead atoms. The molecular weight excluding hydrogens is 975 g/mol. The summed E-state index contributed by atoms with van der Waals surface area (Å²) in [5, 5.41) is 0. The summed E-state index contributed by atoms with van der Waals surface area (Å²) in [7, 11) is 5.13. The SMILES string of the molecule is C.C.C.C.C.C.CC#Cc1c(C)c(C)c(C#Cc2c(C)c(C)c(OCOC(=O)C(C)C)c(C)c2C)c(C)c1C.Cc1[c-]c(C)c(C)c(C)c1C.[B]C(=C)C(=O)OCOC1CC[CH-]CC1.[W+2]. The van der Waals surface area contributed by atoms with Gasteiger partial charge in [0.15, 0.2) is 6.79 Å². The molecule has 0 unspecified atom stereocenters. The summed E-state index contributed by atoms with van der Waals surface area (Å²) in [6, 6.07) is 3.35. The van der Waals surface area contributed by atoms with E-state index in [1.165, 1.54) is 50.1 Å². The Balaban J connectivity index is -0.000000227. The fourth-order valence-corrected chi connectivity index (χ4v) is 6.58. The first-order valence-electron chi connectivity index (χ1n) is 20.1. The zero-order chi connectivity index (χ0) is 44.0. The Morgan fingerprint density at radius 3 is 1.38 bits per heavy atom. The topological polar surface area (TPSA) is 71.1 Å². The van der Waals surface area contributed by atoms with E-state index >= 15 is 0 Å². The summed E-state index contributed by atoms with van der Waals surface area (Å²) in [5.74, 6) is 12.9. The number of ether oxygens (including phenoxy) is 4. The van der Waals surface area contributed by atoms with E-state index in [9.17, 15) is 9.59 Å². The van der Waals surface area contributed by atoms with Crippen LogP contribution < -0.4 is 4.74 Å². The van der Waals surface area contributed by atoms with Crippen molar-refractivity contribution < 1.29 is 49.6 Å². The maximum atomic E-state index is 11.7. The Kier molecular flexibility index (Phi) is 38.3. The van der Waals surface area contributed by atoms with Crippen LogP contribution in [-0.4, -0.2) is 39.5 Å². The molecule has 8 heteroatoms. The molecular formula is C57H89BO6W. The van der Waals surface area contributed by atoms with Crippen LogP contribution >= 0.6 is 0 Å². The average Bonchev–Trinajstić information content (AvgIpc) is 3.19. The molecule has 1 fully saturated rings. The first-order valence-corrected chi connectivity index (χ1v) is 20.1. The molecule has 3 aromatic rings. The van der Waals surface area contributed by atoms with Crippen LogP contribution in [0.2, 0.25) is 0 Å². The number of carbonyl (C=O) groups is 2. The van der Waals surface area contributed by atoms with Gasteiger partial charge in [0.1, 0.15) is 13.6 Å². The zero-order valence-electron chi connectivity index (χ0n) is 38.6. The summed E-state index contributed by atoms with van der Waals surface area (Å²) >= 11 is 0. The van der Waals surface area contributed by atoms with Crippen LogP contribution in [0.5, 0.6) is 5.75 Å². The zero-order valence-corrected chi connectivity index (χ0v) is 41.6. The van der Waals surface area contributed by atoms with Gasteiger partial charge in [-0.1, -0.05) is 130 Å². The van der Waals surface area contributed by atoms with Crippen LogP contribution in [0.25, 0.3) is 0 Å². The smallest absolute Gasteiger partial charge is 0.457 e. The number of carbonyl (C=O) groups excluding carboxylic acids is 2. The van der Waals surface area contributed by atoms with Gasteiger partial charge in [-0.3, -0.25) is 4.79 Å². The Bertz CT molecular complexity index is 2030. The summed E-state index contributed by atoms with van der Waals surface area (Å²) in [5.41, 5.74) is 18.8. The van der Waals surface area contributed by atoms with Crippen molar-refractivity contribution in [2.24, 2.45) is 5.92 Å². The molecule has 0 aromatic heterocycles. The molecule has 0 N–H and O–H groups in total. The predicted octanol–water partition coefficient (Wildman–Crippen LogP) is 14.6. The van der Waals surface area contributed by atoms with Crippen LogP contribution in [0, 0.1) is 132 Å². The van der Waals surface area contributed by atoms with Crippen molar-refractivity contribution in [3.05, 3.63) is 114 Å². The third-order valence-electron chi connectivity index (χ3n) is 11.4. The Hall–Kier alpha value is -4.03. The first-order chi connectivity index (χ1) is 27.2. The average molecular weight is 1060 g/mol. The van der Waals surface area contributed by atoms with Gasteiger partial charge in [-0.25, -0.2) is 4.79 Å². The minimum atomic E-state index is -0.604. The van der Waals surface area contributed by atoms with E-state index in [0.717, 1.165) is 70.4 Å². The largest absolute Gasteiger partial charge is 2.00 e. The van der Waals surface area contributed by atoms with Crippen LogP contribution in [0.1, 0.15) is 180 Å². The van der Waals surface area contributed by atoms with Gasteiger partial charge >= 0.3 is 33.0 Å². The van der Waals surface area contributed by atoms with Crippen molar-refractivity contribution in [1.82, 2.24) is 0 Å². The van der Waals surface area contributed by atoms with Crippen molar-refractivity contribution in [2.45, 2.75) is 187 Å². The molecule has 0 heterocycles. The molecule has 0 atom stereocenters. The number of rotatable bonds is 8. The molecule has 65 heavy (non-hydrogen) atoms. The Labute approximate surface area is 416 Å². The van der Waals surface area contributed by atoms with E-state index in [1.54, 1.807) is 13.8 Å². The second-order valence-corrected chi connectivity index (χ2v) is 15.5. The van der Waals surface area contributed by atoms with E-state index < -0.39 is 5.97 Å². The fraction of sp³-hybridized carbons (Fsp3) is 0.526. The normalized spacial score (nSPS) is 10.8. The molecule has 0 aliphatic heterocycles. The van der Waals surface area contributed by atoms with Crippen molar-refractivity contribution in [3.63, 3.8) is 0 Å². The summed E-state index contributed by atoms with van der Waals surface area (Å²) in [6.07, 6.45) is 6.60. The van der Waals surface area contributed by atoms with E-state index in [-0.39, 0.29) is 103 Å². The molecule has 6 nitrogen and oxygen atoms in total. The Morgan fingerprint density at radius 1 is 0.631 bits per heavy atom. The van der Waals surface area contributed by atoms with Crippen molar-refractivity contribution >= 4 is 19.8 Å². The van der Waals surface area contributed by atoms with Crippen LogP contribution in [-0.2, 0) is 44.9 Å². The van der Waals surface area contributed by atoms with Crippen LogP contribution in [0.4, 0.5) is 0 Å². The number of benzene rings is 3. The molecule has 2 radical (unpaired) electrons.